The Morgan fingerprint density at radius 3 is 2.64 bits per heavy atom. The summed E-state index contributed by atoms with van der Waals surface area (Å²) in [5.41, 5.74) is 5.36. The van der Waals surface area contributed by atoms with Crippen molar-refractivity contribution in [1.82, 2.24) is 4.90 Å². The van der Waals surface area contributed by atoms with Crippen molar-refractivity contribution in [3.8, 4) is 0 Å². The largest absolute Gasteiger partial charge is 0.340 e. The van der Waals surface area contributed by atoms with Gasteiger partial charge in [0, 0.05) is 19.5 Å². The Labute approximate surface area is 67.5 Å². The summed E-state index contributed by atoms with van der Waals surface area (Å²) in [6.45, 7) is 3.15. The van der Waals surface area contributed by atoms with Crippen LogP contribution in [0.3, 0.4) is 0 Å². The van der Waals surface area contributed by atoms with Gasteiger partial charge in [-0.15, -0.1) is 0 Å². The van der Waals surface area contributed by atoms with Crippen LogP contribution in [0.5, 0.6) is 0 Å². The molecule has 1 rings (SSSR count). The average Bonchev–Trinajstić information content (AvgIpc) is 2.71. The first-order valence-electron chi connectivity index (χ1n) is 4.23. The van der Waals surface area contributed by atoms with Gasteiger partial charge in [0.05, 0.1) is 0 Å². The molecule has 1 saturated carbocycles. The molecule has 0 spiro atoms. The highest BCUT2D eigenvalue weighted by Crippen LogP contribution is 2.26. The van der Waals surface area contributed by atoms with E-state index in [1.807, 2.05) is 4.90 Å². The van der Waals surface area contributed by atoms with Crippen LogP contribution in [-0.2, 0) is 4.79 Å². The minimum absolute atomic E-state index is 0.195. The van der Waals surface area contributed by atoms with Crippen molar-refractivity contribution in [3.63, 3.8) is 0 Å². The van der Waals surface area contributed by atoms with Crippen molar-refractivity contribution >= 4 is 5.91 Å². The lowest BCUT2D eigenvalue weighted by Gasteiger charge is -2.19. The van der Waals surface area contributed by atoms with E-state index < -0.39 is 0 Å². The van der Waals surface area contributed by atoms with E-state index >= 15 is 0 Å². The molecule has 0 heterocycles. The predicted octanol–water partition coefficient (Wildman–Crippen LogP) is 0.346. The molecule has 1 amide bonds. The fourth-order valence-electron chi connectivity index (χ4n) is 1.24. The van der Waals surface area contributed by atoms with Crippen molar-refractivity contribution < 1.29 is 4.79 Å². The maximum absolute atomic E-state index is 11.0. The summed E-state index contributed by atoms with van der Waals surface area (Å²) in [6.07, 6.45) is 3.30. The zero-order chi connectivity index (χ0) is 8.27. The molecule has 64 valence electrons. The highest BCUT2D eigenvalue weighted by atomic mass is 16.2. The van der Waals surface area contributed by atoms with E-state index in [4.69, 9.17) is 5.73 Å². The van der Waals surface area contributed by atoms with Crippen molar-refractivity contribution in [2.75, 3.05) is 13.1 Å². The van der Waals surface area contributed by atoms with Crippen molar-refractivity contribution in [2.45, 2.75) is 32.2 Å². The summed E-state index contributed by atoms with van der Waals surface area (Å²) in [7, 11) is 0. The van der Waals surface area contributed by atoms with Crippen LogP contribution in [0.4, 0.5) is 0 Å². The lowest BCUT2D eigenvalue weighted by Crippen LogP contribution is -2.32. The highest BCUT2D eigenvalue weighted by molar-refractivity contribution is 5.73. The van der Waals surface area contributed by atoms with Gasteiger partial charge >= 0.3 is 0 Å². The average molecular weight is 156 g/mol. The maximum Gasteiger partial charge on any atom is 0.219 e. The molecule has 0 atom stereocenters. The topological polar surface area (TPSA) is 46.3 Å². The molecule has 11 heavy (non-hydrogen) atoms. The molecule has 0 aromatic heterocycles. The third kappa shape index (κ3) is 2.50. The number of nitrogens with two attached hydrogens (primary N) is 1. The van der Waals surface area contributed by atoms with Gasteiger partial charge in [0.1, 0.15) is 0 Å². The third-order valence-electron chi connectivity index (χ3n) is 2.00. The smallest absolute Gasteiger partial charge is 0.219 e. The summed E-state index contributed by atoms with van der Waals surface area (Å²) < 4.78 is 0. The third-order valence-corrected chi connectivity index (χ3v) is 2.00. The molecular weight excluding hydrogens is 140 g/mol. The predicted molar refractivity (Wildman–Crippen MR) is 44.1 cm³/mol. The van der Waals surface area contributed by atoms with E-state index in [1.165, 1.54) is 12.8 Å². The molecule has 3 heteroatoms. The summed E-state index contributed by atoms with van der Waals surface area (Å²) in [4.78, 5) is 13.0. The first kappa shape index (κ1) is 8.53. The SMILES string of the molecule is CC(=O)N(CCCN)C1CC1. The number of nitrogens with zero attached hydrogens (tertiary/aromatic N) is 1. The fourth-order valence-corrected chi connectivity index (χ4v) is 1.24. The van der Waals surface area contributed by atoms with Crippen molar-refractivity contribution in [2.24, 2.45) is 5.73 Å². The molecule has 0 unspecified atom stereocenters. The number of amides is 1. The van der Waals surface area contributed by atoms with E-state index in [-0.39, 0.29) is 5.91 Å². The number of rotatable bonds is 4. The number of hydrogen-bond acceptors (Lipinski definition) is 2. The summed E-state index contributed by atoms with van der Waals surface area (Å²) in [6, 6.07) is 0.541. The molecule has 0 radical (unpaired) electrons. The number of carbonyl (C=O) groups is 1. The summed E-state index contributed by atoms with van der Waals surface area (Å²) in [5, 5.41) is 0. The second-order valence-corrected chi connectivity index (χ2v) is 3.09. The Bertz CT molecular complexity index is 143. The van der Waals surface area contributed by atoms with Gasteiger partial charge in [-0.3, -0.25) is 4.79 Å². The number of carbonyl (C=O) groups excluding carboxylic acids is 1. The highest BCUT2D eigenvalue weighted by Gasteiger charge is 2.29. The van der Waals surface area contributed by atoms with Crippen LogP contribution < -0.4 is 5.73 Å². The van der Waals surface area contributed by atoms with Gasteiger partial charge in [0.15, 0.2) is 0 Å². The Morgan fingerprint density at radius 2 is 2.27 bits per heavy atom. The molecule has 0 aromatic carbocycles. The summed E-state index contributed by atoms with van der Waals surface area (Å²) >= 11 is 0. The van der Waals surface area contributed by atoms with Gasteiger partial charge in [-0.05, 0) is 25.8 Å². The normalized spacial score (nSPS) is 16.5. The van der Waals surface area contributed by atoms with E-state index in [2.05, 4.69) is 0 Å². The molecule has 3 nitrogen and oxygen atoms in total. The Morgan fingerprint density at radius 1 is 1.64 bits per heavy atom. The maximum atomic E-state index is 11.0. The van der Waals surface area contributed by atoms with Crippen LogP contribution in [0.25, 0.3) is 0 Å². The van der Waals surface area contributed by atoms with Crippen LogP contribution in [-0.4, -0.2) is 29.9 Å². The van der Waals surface area contributed by atoms with E-state index in [0.717, 1.165) is 13.0 Å². The first-order valence-corrected chi connectivity index (χ1v) is 4.23. The second-order valence-electron chi connectivity index (χ2n) is 3.09. The van der Waals surface area contributed by atoms with E-state index in [1.54, 1.807) is 6.92 Å². The van der Waals surface area contributed by atoms with Gasteiger partial charge in [-0.2, -0.15) is 0 Å². The van der Waals surface area contributed by atoms with E-state index in [0.29, 0.717) is 12.6 Å². The molecule has 0 bridgehead atoms. The van der Waals surface area contributed by atoms with Crippen LogP contribution in [0, 0.1) is 0 Å². The molecule has 1 fully saturated rings. The molecule has 0 aromatic rings. The van der Waals surface area contributed by atoms with Crippen molar-refractivity contribution in [3.05, 3.63) is 0 Å². The molecule has 1 aliphatic carbocycles. The van der Waals surface area contributed by atoms with Gasteiger partial charge in [0.25, 0.3) is 0 Å². The van der Waals surface area contributed by atoms with Gasteiger partial charge in [-0.25, -0.2) is 0 Å². The minimum atomic E-state index is 0.195. The van der Waals surface area contributed by atoms with Crippen LogP contribution in [0.2, 0.25) is 0 Å². The Balaban J connectivity index is 2.26. The minimum Gasteiger partial charge on any atom is -0.340 e. The number of hydrogen-bond donors (Lipinski definition) is 1. The molecule has 0 saturated heterocycles. The molecule has 1 aliphatic rings. The van der Waals surface area contributed by atoms with Crippen LogP contribution in [0.1, 0.15) is 26.2 Å². The Kier molecular flexibility index (Phi) is 2.88. The molecular formula is C8H16N2O. The quantitative estimate of drug-likeness (QED) is 0.638. The monoisotopic (exact) mass is 156 g/mol. The van der Waals surface area contributed by atoms with E-state index in [9.17, 15) is 4.79 Å². The molecule has 0 aliphatic heterocycles. The van der Waals surface area contributed by atoms with Crippen LogP contribution in [0.15, 0.2) is 0 Å². The molecule has 2 N–H and O–H groups in total. The van der Waals surface area contributed by atoms with Gasteiger partial charge in [-0.1, -0.05) is 0 Å². The van der Waals surface area contributed by atoms with Crippen LogP contribution >= 0.6 is 0 Å². The summed E-state index contributed by atoms with van der Waals surface area (Å²) in [5.74, 6) is 0.195. The van der Waals surface area contributed by atoms with Gasteiger partial charge in [0.2, 0.25) is 5.91 Å². The standard InChI is InChI=1S/C8H16N2O/c1-7(11)10(6-2-5-9)8-3-4-8/h8H,2-6,9H2,1H3. The first-order chi connectivity index (χ1) is 5.25. The Hall–Kier alpha value is -0.570. The zero-order valence-electron chi connectivity index (χ0n) is 7.05. The zero-order valence-corrected chi connectivity index (χ0v) is 7.05. The second kappa shape index (κ2) is 3.72. The van der Waals surface area contributed by atoms with Gasteiger partial charge < -0.3 is 10.6 Å². The fraction of sp³-hybridized carbons (Fsp3) is 0.875. The lowest BCUT2D eigenvalue weighted by molar-refractivity contribution is -0.129. The van der Waals surface area contributed by atoms with Crippen molar-refractivity contribution in [1.29, 1.82) is 0 Å². The lowest BCUT2D eigenvalue weighted by atomic mass is 10.3.